The lowest BCUT2D eigenvalue weighted by molar-refractivity contribution is 0.0154. The number of benzene rings is 1. The lowest BCUT2D eigenvalue weighted by Crippen LogP contribution is -2.45. The van der Waals surface area contributed by atoms with E-state index in [9.17, 15) is 14.3 Å². The van der Waals surface area contributed by atoms with Gasteiger partial charge in [-0.3, -0.25) is 0 Å². The van der Waals surface area contributed by atoms with Gasteiger partial charge < -0.3 is 14.7 Å². The molecule has 192 valence electrons. The number of nitrogens with zero attached hydrogens (tertiary/aromatic N) is 4. The molecule has 1 fully saturated rings. The Balaban J connectivity index is 1.66. The van der Waals surface area contributed by atoms with Crippen LogP contribution in [0.4, 0.5) is 9.18 Å². The molecule has 1 amide bonds. The molecular weight excluding hydrogens is 503 g/mol. The maximum atomic E-state index is 15.0. The second-order valence-corrected chi connectivity index (χ2v) is 11.8. The largest absolute Gasteiger partial charge is 0.505 e. The fraction of sp³-hybridized carbons (Fsp3) is 0.462. The van der Waals surface area contributed by atoms with E-state index in [0.717, 1.165) is 17.8 Å². The molecule has 1 saturated heterocycles. The Morgan fingerprint density at radius 2 is 1.86 bits per heavy atom. The van der Waals surface area contributed by atoms with E-state index in [2.05, 4.69) is 23.8 Å². The van der Waals surface area contributed by atoms with Gasteiger partial charge in [-0.2, -0.15) is 0 Å². The van der Waals surface area contributed by atoms with Gasteiger partial charge in [0.1, 0.15) is 5.60 Å². The van der Waals surface area contributed by atoms with Crippen LogP contribution >= 0.6 is 22.9 Å². The first-order chi connectivity index (χ1) is 16.9. The van der Waals surface area contributed by atoms with Gasteiger partial charge in [0.25, 0.3) is 0 Å². The van der Waals surface area contributed by atoms with E-state index in [1.165, 1.54) is 17.4 Å². The zero-order chi connectivity index (χ0) is 26.3. The Bertz CT molecular complexity index is 1270. The number of carbonyl (C=O) groups excluding carboxylic acids is 1. The van der Waals surface area contributed by atoms with E-state index >= 15 is 0 Å². The lowest BCUT2D eigenvalue weighted by atomic mass is 9.74. The zero-order valence-corrected chi connectivity index (χ0v) is 22.6. The summed E-state index contributed by atoms with van der Waals surface area (Å²) in [6.45, 7) is 11.0. The fourth-order valence-corrected chi connectivity index (χ4v) is 5.78. The number of phenolic OH excluding ortho intramolecular Hbond substituents is 1. The third kappa shape index (κ3) is 5.47. The van der Waals surface area contributed by atoms with E-state index in [0.29, 0.717) is 29.4 Å². The molecule has 0 saturated carbocycles. The predicted octanol–water partition coefficient (Wildman–Crippen LogP) is 6.69. The summed E-state index contributed by atoms with van der Waals surface area (Å²) in [4.78, 5) is 28.1. The van der Waals surface area contributed by atoms with Gasteiger partial charge in [-0.25, -0.2) is 24.1 Å². The predicted molar refractivity (Wildman–Crippen MR) is 139 cm³/mol. The molecule has 4 rings (SSSR count). The Hall–Kier alpha value is -2.78. The highest BCUT2D eigenvalue weighted by Gasteiger charge is 2.39. The Morgan fingerprint density at radius 1 is 1.17 bits per heavy atom. The van der Waals surface area contributed by atoms with Gasteiger partial charge in [0.15, 0.2) is 11.6 Å². The SMILES string of the molecule is CC(C)(C)OC(=O)N1CCC(C(C)(C)c2nc(-c3cccc(O)c3F)c(-c3ccnc(Cl)n3)s2)CC1. The summed E-state index contributed by atoms with van der Waals surface area (Å²) in [5.41, 5.74) is 0.232. The van der Waals surface area contributed by atoms with Crippen molar-refractivity contribution in [3.63, 3.8) is 0 Å². The summed E-state index contributed by atoms with van der Waals surface area (Å²) in [6.07, 6.45) is 2.83. The summed E-state index contributed by atoms with van der Waals surface area (Å²) in [5.74, 6) is -0.937. The number of aromatic hydroxyl groups is 1. The van der Waals surface area contributed by atoms with Crippen molar-refractivity contribution >= 4 is 29.0 Å². The minimum Gasteiger partial charge on any atom is -0.505 e. The third-order valence-corrected chi connectivity index (χ3v) is 8.04. The number of halogens is 2. The molecule has 10 heteroatoms. The van der Waals surface area contributed by atoms with Crippen LogP contribution in [0.5, 0.6) is 5.75 Å². The van der Waals surface area contributed by atoms with Crippen molar-refractivity contribution in [3.05, 3.63) is 46.6 Å². The molecule has 3 aromatic rings. The van der Waals surface area contributed by atoms with Crippen molar-refractivity contribution in [2.75, 3.05) is 13.1 Å². The van der Waals surface area contributed by atoms with Gasteiger partial charge in [0.05, 0.1) is 21.3 Å². The van der Waals surface area contributed by atoms with Crippen LogP contribution in [0.3, 0.4) is 0 Å². The van der Waals surface area contributed by atoms with Crippen LogP contribution in [0, 0.1) is 11.7 Å². The van der Waals surface area contributed by atoms with Crippen molar-refractivity contribution in [3.8, 4) is 27.6 Å². The summed E-state index contributed by atoms with van der Waals surface area (Å²) >= 11 is 7.49. The minimum absolute atomic E-state index is 0.0820. The Labute approximate surface area is 219 Å². The number of hydrogen-bond acceptors (Lipinski definition) is 7. The second kappa shape index (κ2) is 9.94. The third-order valence-electron chi connectivity index (χ3n) is 6.44. The number of aromatic nitrogens is 3. The maximum absolute atomic E-state index is 15.0. The van der Waals surface area contributed by atoms with E-state index in [1.54, 1.807) is 29.3 Å². The van der Waals surface area contributed by atoms with Crippen LogP contribution in [-0.2, 0) is 10.2 Å². The standard InChI is InChI=1S/C26H30ClFN4O3S/c1-25(2,3)35-24(34)32-13-10-15(11-14-32)26(4,5)22-31-20(16-7-6-8-18(33)19(16)28)21(36-22)17-9-12-29-23(27)30-17/h6-9,12,15,33H,10-11,13-14H2,1-5H3. The van der Waals surface area contributed by atoms with E-state index in [-0.39, 0.29) is 28.3 Å². The number of hydrogen-bond donors (Lipinski definition) is 1. The van der Waals surface area contributed by atoms with Crippen LogP contribution in [0.2, 0.25) is 5.28 Å². The molecule has 7 nitrogen and oxygen atoms in total. The summed E-state index contributed by atoms with van der Waals surface area (Å²) in [6, 6.07) is 6.18. The number of ether oxygens (including phenoxy) is 1. The van der Waals surface area contributed by atoms with Crippen LogP contribution < -0.4 is 0 Å². The van der Waals surface area contributed by atoms with Crippen LogP contribution in [0.15, 0.2) is 30.5 Å². The summed E-state index contributed by atoms with van der Waals surface area (Å²) < 4.78 is 20.5. The molecule has 1 aromatic carbocycles. The van der Waals surface area contributed by atoms with E-state index < -0.39 is 17.2 Å². The number of rotatable bonds is 4. The molecule has 1 N–H and O–H groups in total. The molecule has 2 aromatic heterocycles. The molecule has 0 radical (unpaired) electrons. The maximum Gasteiger partial charge on any atom is 0.410 e. The second-order valence-electron chi connectivity index (χ2n) is 10.5. The lowest BCUT2D eigenvalue weighted by Gasteiger charge is -2.40. The molecule has 0 aliphatic carbocycles. The first-order valence-corrected chi connectivity index (χ1v) is 13.0. The number of thiazole rings is 1. The molecular formula is C26H30ClFN4O3S. The normalized spacial score (nSPS) is 15.2. The minimum atomic E-state index is -0.737. The van der Waals surface area contributed by atoms with Crippen molar-refractivity contribution in [1.29, 1.82) is 0 Å². The van der Waals surface area contributed by atoms with Crippen LogP contribution in [0.25, 0.3) is 21.8 Å². The van der Waals surface area contributed by atoms with Crippen LogP contribution in [-0.4, -0.2) is 49.7 Å². The average molecular weight is 533 g/mol. The van der Waals surface area contributed by atoms with Gasteiger partial charge in [-0.05, 0) is 69.3 Å². The number of phenols is 1. The molecule has 0 unspecified atom stereocenters. The van der Waals surface area contributed by atoms with Crippen molar-refractivity contribution < 1.29 is 19.0 Å². The highest BCUT2D eigenvalue weighted by Crippen LogP contribution is 2.46. The molecule has 0 atom stereocenters. The van der Waals surface area contributed by atoms with E-state index in [4.69, 9.17) is 21.3 Å². The number of likely N-dealkylation sites (tertiary alicyclic amines) is 1. The summed E-state index contributed by atoms with van der Waals surface area (Å²) in [7, 11) is 0. The quantitative estimate of drug-likeness (QED) is 0.376. The summed E-state index contributed by atoms with van der Waals surface area (Å²) in [5, 5.41) is 10.9. The Kier molecular flexibility index (Phi) is 7.26. The van der Waals surface area contributed by atoms with E-state index in [1.807, 2.05) is 20.8 Å². The smallest absolute Gasteiger partial charge is 0.410 e. The molecule has 0 spiro atoms. The van der Waals surface area contributed by atoms with Crippen molar-refractivity contribution in [2.24, 2.45) is 5.92 Å². The molecule has 0 bridgehead atoms. The number of amides is 1. The highest BCUT2D eigenvalue weighted by atomic mass is 35.5. The van der Waals surface area contributed by atoms with Gasteiger partial charge in [0, 0.05) is 30.3 Å². The first-order valence-electron chi connectivity index (χ1n) is 11.8. The number of carbonyl (C=O) groups is 1. The average Bonchev–Trinajstić information content (AvgIpc) is 3.26. The molecule has 1 aliphatic heterocycles. The molecule has 1 aliphatic rings. The molecule has 36 heavy (non-hydrogen) atoms. The molecule has 3 heterocycles. The first kappa shape index (κ1) is 26.3. The van der Waals surface area contributed by atoms with Gasteiger partial charge in [-0.15, -0.1) is 11.3 Å². The van der Waals surface area contributed by atoms with Crippen molar-refractivity contribution in [2.45, 2.75) is 58.5 Å². The zero-order valence-electron chi connectivity index (χ0n) is 21.0. The fourth-order valence-electron chi connectivity index (χ4n) is 4.40. The highest BCUT2D eigenvalue weighted by molar-refractivity contribution is 7.15. The van der Waals surface area contributed by atoms with Gasteiger partial charge in [-0.1, -0.05) is 19.9 Å². The number of piperidine rings is 1. The van der Waals surface area contributed by atoms with Gasteiger partial charge in [0.2, 0.25) is 5.28 Å². The Morgan fingerprint density at radius 3 is 2.50 bits per heavy atom. The van der Waals surface area contributed by atoms with Gasteiger partial charge >= 0.3 is 6.09 Å². The van der Waals surface area contributed by atoms with Crippen LogP contribution in [0.1, 0.15) is 52.5 Å². The topological polar surface area (TPSA) is 88.4 Å². The van der Waals surface area contributed by atoms with Crippen molar-refractivity contribution in [1.82, 2.24) is 19.9 Å². The monoisotopic (exact) mass is 532 g/mol.